The maximum absolute atomic E-state index is 4.74. The van der Waals surface area contributed by atoms with Gasteiger partial charge in [-0.15, -0.1) is 0 Å². The van der Waals surface area contributed by atoms with Gasteiger partial charge in [0.15, 0.2) is 0 Å². The molecule has 2 aromatic carbocycles. The van der Waals surface area contributed by atoms with E-state index in [2.05, 4.69) is 54.4 Å². The van der Waals surface area contributed by atoms with Gasteiger partial charge in [0, 0.05) is 7.05 Å². The summed E-state index contributed by atoms with van der Waals surface area (Å²) in [4.78, 5) is 6.98. The van der Waals surface area contributed by atoms with Crippen LogP contribution in [0.4, 0.5) is 11.4 Å². The molecule has 2 nitrogen and oxygen atoms in total. The second kappa shape index (κ2) is 4.06. The molecule has 0 spiro atoms. The molecule has 0 unspecified atom stereocenters. The molecule has 0 N–H and O–H groups in total. The molecule has 0 aromatic heterocycles. The summed E-state index contributed by atoms with van der Waals surface area (Å²) in [5, 5.41) is 0. The molecule has 0 saturated carbocycles. The first-order valence-electron chi connectivity index (χ1n) is 5.78. The molecule has 17 heavy (non-hydrogen) atoms. The fourth-order valence-electron chi connectivity index (χ4n) is 2.16. The number of likely N-dealkylation sites (N-methyl/N-ethyl adjacent to an activating group) is 1. The molecule has 84 valence electrons. The number of para-hydroxylation sites is 2. The van der Waals surface area contributed by atoms with Crippen molar-refractivity contribution in [3.05, 3.63) is 60.2 Å². The van der Waals surface area contributed by atoms with Gasteiger partial charge in [0.05, 0.1) is 23.6 Å². The lowest BCUT2D eigenvalue weighted by Crippen LogP contribution is -2.28. The first-order chi connectivity index (χ1) is 8.34. The van der Waals surface area contributed by atoms with Crippen LogP contribution in [-0.2, 0) is 0 Å². The lowest BCUT2D eigenvalue weighted by atomic mass is 10.1. The largest absolute Gasteiger partial charge is 0.367 e. The van der Waals surface area contributed by atoms with Crippen LogP contribution in [0.2, 0.25) is 0 Å². The van der Waals surface area contributed by atoms with Gasteiger partial charge < -0.3 is 4.90 Å². The Balaban J connectivity index is 2.08. The summed E-state index contributed by atoms with van der Waals surface area (Å²) in [5.41, 5.74) is 4.59. The van der Waals surface area contributed by atoms with Crippen LogP contribution >= 0.6 is 0 Å². The number of rotatable bonds is 1. The van der Waals surface area contributed by atoms with Crippen molar-refractivity contribution in [2.45, 2.75) is 0 Å². The first kappa shape index (κ1) is 10.1. The molecule has 0 amide bonds. The van der Waals surface area contributed by atoms with Crippen LogP contribution in [0.25, 0.3) is 0 Å². The van der Waals surface area contributed by atoms with E-state index in [-0.39, 0.29) is 0 Å². The Morgan fingerprint density at radius 1 is 0.941 bits per heavy atom. The summed E-state index contributed by atoms with van der Waals surface area (Å²) in [6.45, 7) is 0.862. The predicted octanol–water partition coefficient (Wildman–Crippen LogP) is 3.26. The Morgan fingerprint density at radius 3 is 2.47 bits per heavy atom. The van der Waals surface area contributed by atoms with Crippen LogP contribution in [0.3, 0.4) is 0 Å². The van der Waals surface area contributed by atoms with Crippen molar-refractivity contribution in [3.63, 3.8) is 0 Å². The van der Waals surface area contributed by atoms with Crippen molar-refractivity contribution in [1.29, 1.82) is 0 Å². The van der Waals surface area contributed by atoms with Crippen molar-refractivity contribution in [1.82, 2.24) is 0 Å². The number of hydrogen-bond acceptors (Lipinski definition) is 2. The second-order valence-electron chi connectivity index (χ2n) is 4.27. The lowest BCUT2D eigenvalue weighted by Gasteiger charge is -2.26. The Labute approximate surface area is 101 Å². The molecule has 3 rings (SSSR count). The van der Waals surface area contributed by atoms with E-state index in [0.29, 0.717) is 0 Å². The number of anilines is 1. The third-order valence-corrected chi connectivity index (χ3v) is 3.04. The molecule has 1 aliphatic rings. The molecule has 2 aromatic rings. The molecule has 1 aliphatic heterocycles. The van der Waals surface area contributed by atoms with Gasteiger partial charge in [0.2, 0.25) is 0 Å². The van der Waals surface area contributed by atoms with E-state index >= 15 is 0 Å². The SMILES string of the molecule is CN1CC(c2ccccc2)=Nc2ccccc21. The maximum atomic E-state index is 4.74. The summed E-state index contributed by atoms with van der Waals surface area (Å²) < 4.78 is 0. The summed E-state index contributed by atoms with van der Waals surface area (Å²) in [6, 6.07) is 18.6. The van der Waals surface area contributed by atoms with E-state index in [1.807, 2.05) is 12.1 Å². The highest BCUT2D eigenvalue weighted by molar-refractivity contribution is 6.07. The van der Waals surface area contributed by atoms with E-state index in [0.717, 1.165) is 17.9 Å². The maximum Gasteiger partial charge on any atom is 0.0867 e. The molecule has 0 bridgehead atoms. The van der Waals surface area contributed by atoms with E-state index in [9.17, 15) is 0 Å². The molecule has 2 heteroatoms. The Bertz CT molecular complexity index is 558. The van der Waals surface area contributed by atoms with Gasteiger partial charge in [-0.2, -0.15) is 0 Å². The van der Waals surface area contributed by atoms with E-state index < -0.39 is 0 Å². The lowest BCUT2D eigenvalue weighted by molar-refractivity contribution is 1.04. The van der Waals surface area contributed by atoms with Crippen molar-refractivity contribution in [2.75, 3.05) is 18.5 Å². The van der Waals surface area contributed by atoms with Crippen LogP contribution in [-0.4, -0.2) is 19.3 Å². The standard InChI is InChI=1S/C15H14N2/c1-17-11-14(12-7-3-2-4-8-12)16-13-9-5-6-10-15(13)17/h2-10H,11H2,1H3. The molecule has 0 atom stereocenters. The topological polar surface area (TPSA) is 15.6 Å². The van der Waals surface area contributed by atoms with Gasteiger partial charge in [-0.05, 0) is 17.7 Å². The van der Waals surface area contributed by atoms with Crippen LogP contribution < -0.4 is 4.90 Å². The molecule has 0 radical (unpaired) electrons. The van der Waals surface area contributed by atoms with Gasteiger partial charge in [-0.3, -0.25) is 0 Å². The Morgan fingerprint density at radius 2 is 1.65 bits per heavy atom. The molecule has 0 saturated heterocycles. The smallest absolute Gasteiger partial charge is 0.0867 e. The zero-order valence-electron chi connectivity index (χ0n) is 9.80. The number of benzene rings is 2. The molecule has 1 heterocycles. The van der Waals surface area contributed by atoms with E-state index in [1.165, 1.54) is 11.3 Å². The van der Waals surface area contributed by atoms with E-state index in [4.69, 9.17) is 4.99 Å². The zero-order valence-corrected chi connectivity index (χ0v) is 9.80. The van der Waals surface area contributed by atoms with Gasteiger partial charge in [0.1, 0.15) is 0 Å². The van der Waals surface area contributed by atoms with Crippen LogP contribution in [0, 0.1) is 0 Å². The number of hydrogen-bond donors (Lipinski definition) is 0. The minimum absolute atomic E-state index is 0.862. The van der Waals surface area contributed by atoms with Crippen LogP contribution in [0.1, 0.15) is 5.56 Å². The van der Waals surface area contributed by atoms with Gasteiger partial charge in [0.25, 0.3) is 0 Å². The molecule has 0 fully saturated rings. The third-order valence-electron chi connectivity index (χ3n) is 3.04. The fourth-order valence-corrected chi connectivity index (χ4v) is 2.16. The van der Waals surface area contributed by atoms with Crippen molar-refractivity contribution >= 4 is 17.1 Å². The normalized spacial score (nSPS) is 14.2. The summed E-state index contributed by atoms with van der Waals surface area (Å²) in [7, 11) is 2.11. The first-order valence-corrected chi connectivity index (χ1v) is 5.78. The highest BCUT2D eigenvalue weighted by atomic mass is 15.1. The number of nitrogens with zero attached hydrogens (tertiary/aromatic N) is 2. The summed E-state index contributed by atoms with van der Waals surface area (Å²) in [5.74, 6) is 0. The number of aliphatic imine (C=N–C) groups is 1. The fraction of sp³-hybridized carbons (Fsp3) is 0.133. The monoisotopic (exact) mass is 222 g/mol. The molecular weight excluding hydrogens is 208 g/mol. The van der Waals surface area contributed by atoms with Crippen molar-refractivity contribution in [2.24, 2.45) is 4.99 Å². The Hall–Kier alpha value is -2.09. The second-order valence-corrected chi connectivity index (χ2v) is 4.27. The minimum Gasteiger partial charge on any atom is -0.367 e. The zero-order chi connectivity index (χ0) is 11.7. The van der Waals surface area contributed by atoms with Gasteiger partial charge >= 0.3 is 0 Å². The average molecular weight is 222 g/mol. The van der Waals surface area contributed by atoms with Crippen molar-refractivity contribution < 1.29 is 0 Å². The average Bonchev–Trinajstić information content (AvgIpc) is 2.40. The number of fused-ring (bicyclic) bond motifs is 1. The Kier molecular flexibility index (Phi) is 2.41. The predicted molar refractivity (Wildman–Crippen MR) is 72.4 cm³/mol. The molecular formula is C15H14N2. The highest BCUT2D eigenvalue weighted by Crippen LogP contribution is 2.31. The minimum atomic E-state index is 0.862. The molecule has 0 aliphatic carbocycles. The van der Waals surface area contributed by atoms with Crippen LogP contribution in [0.15, 0.2) is 59.6 Å². The van der Waals surface area contributed by atoms with Crippen LogP contribution in [0.5, 0.6) is 0 Å². The summed E-state index contributed by atoms with van der Waals surface area (Å²) in [6.07, 6.45) is 0. The summed E-state index contributed by atoms with van der Waals surface area (Å²) >= 11 is 0. The van der Waals surface area contributed by atoms with Gasteiger partial charge in [-0.25, -0.2) is 4.99 Å². The highest BCUT2D eigenvalue weighted by Gasteiger charge is 2.16. The quantitative estimate of drug-likeness (QED) is 0.723. The van der Waals surface area contributed by atoms with Crippen molar-refractivity contribution in [3.8, 4) is 0 Å². The van der Waals surface area contributed by atoms with Gasteiger partial charge in [-0.1, -0.05) is 42.5 Å². The van der Waals surface area contributed by atoms with E-state index in [1.54, 1.807) is 0 Å². The third kappa shape index (κ3) is 1.82.